The number of carbonyl (C=O) groups excluding carboxylic acids is 1. The second-order valence-corrected chi connectivity index (χ2v) is 6.31. The van der Waals surface area contributed by atoms with E-state index in [4.69, 9.17) is 23.2 Å². The fraction of sp³-hybridized carbons (Fsp3) is 0.533. The Morgan fingerprint density at radius 3 is 2.35 bits per heavy atom. The summed E-state index contributed by atoms with van der Waals surface area (Å²) in [7, 11) is 0. The Morgan fingerprint density at radius 2 is 1.80 bits per heavy atom. The second kappa shape index (κ2) is 6.79. The van der Waals surface area contributed by atoms with Gasteiger partial charge in [-0.1, -0.05) is 48.5 Å². The van der Waals surface area contributed by atoms with Crippen LogP contribution >= 0.6 is 23.2 Å². The minimum absolute atomic E-state index is 0.101. The molecule has 0 bridgehead atoms. The zero-order valence-corrected chi connectivity index (χ0v) is 12.8. The van der Waals surface area contributed by atoms with Gasteiger partial charge in [-0.2, -0.15) is 0 Å². The average molecular weight is 316 g/mol. The van der Waals surface area contributed by atoms with Gasteiger partial charge in [0, 0.05) is 12.0 Å². The molecule has 2 rings (SSSR count). The van der Waals surface area contributed by atoms with Crippen molar-refractivity contribution in [1.29, 1.82) is 0 Å². The molecule has 0 heterocycles. The number of amides is 1. The lowest BCUT2D eigenvalue weighted by Crippen LogP contribution is -2.41. The standard InChI is InChI=1S/C15H19Cl2NO2/c16-11-5-4-6-12(17)13(11)14(20)18-9-15(10-19)7-2-1-3-8-15/h4-6,19H,1-3,7-10H2,(H,18,20). The van der Waals surface area contributed by atoms with Crippen molar-refractivity contribution in [3.05, 3.63) is 33.8 Å². The zero-order chi connectivity index (χ0) is 14.6. The maximum absolute atomic E-state index is 12.2. The largest absolute Gasteiger partial charge is 0.396 e. The fourth-order valence-corrected chi connectivity index (χ4v) is 3.33. The van der Waals surface area contributed by atoms with E-state index >= 15 is 0 Å². The molecule has 0 aromatic heterocycles. The van der Waals surface area contributed by atoms with E-state index in [1.165, 1.54) is 6.42 Å². The molecule has 1 aromatic rings. The van der Waals surface area contributed by atoms with Gasteiger partial charge in [0.2, 0.25) is 0 Å². The van der Waals surface area contributed by atoms with Gasteiger partial charge in [0.05, 0.1) is 22.2 Å². The third-order valence-electron chi connectivity index (χ3n) is 4.06. The number of hydrogen-bond donors (Lipinski definition) is 2. The van der Waals surface area contributed by atoms with Crippen molar-refractivity contribution in [1.82, 2.24) is 5.32 Å². The Balaban J connectivity index is 2.04. The fourth-order valence-electron chi connectivity index (χ4n) is 2.76. The quantitative estimate of drug-likeness (QED) is 0.890. The van der Waals surface area contributed by atoms with Gasteiger partial charge >= 0.3 is 0 Å². The van der Waals surface area contributed by atoms with Gasteiger partial charge in [0.1, 0.15) is 0 Å². The summed E-state index contributed by atoms with van der Waals surface area (Å²) in [4.78, 5) is 12.2. The highest BCUT2D eigenvalue weighted by Crippen LogP contribution is 2.35. The third kappa shape index (κ3) is 3.46. The van der Waals surface area contributed by atoms with Crippen LogP contribution in [0.3, 0.4) is 0 Å². The number of benzene rings is 1. The molecule has 20 heavy (non-hydrogen) atoms. The van der Waals surface area contributed by atoms with E-state index in [0.29, 0.717) is 22.2 Å². The van der Waals surface area contributed by atoms with Gasteiger partial charge in [-0.15, -0.1) is 0 Å². The average Bonchev–Trinajstić information content (AvgIpc) is 2.46. The summed E-state index contributed by atoms with van der Waals surface area (Å²) < 4.78 is 0. The molecule has 2 N–H and O–H groups in total. The summed E-state index contributed by atoms with van der Waals surface area (Å²) in [6, 6.07) is 4.99. The Labute approximate surface area is 129 Å². The van der Waals surface area contributed by atoms with Gasteiger partial charge in [0.25, 0.3) is 5.91 Å². The van der Waals surface area contributed by atoms with Crippen LogP contribution in [0.1, 0.15) is 42.5 Å². The van der Waals surface area contributed by atoms with Gasteiger partial charge in [-0.3, -0.25) is 4.79 Å². The first-order valence-corrected chi connectivity index (χ1v) is 7.67. The smallest absolute Gasteiger partial charge is 0.254 e. The van der Waals surface area contributed by atoms with E-state index in [1.54, 1.807) is 18.2 Å². The van der Waals surface area contributed by atoms with E-state index in [0.717, 1.165) is 25.7 Å². The molecule has 0 atom stereocenters. The molecule has 1 saturated carbocycles. The topological polar surface area (TPSA) is 49.3 Å². The first-order valence-electron chi connectivity index (χ1n) is 6.91. The van der Waals surface area contributed by atoms with Crippen LogP contribution in [0.4, 0.5) is 0 Å². The summed E-state index contributed by atoms with van der Waals surface area (Å²) >= 11 is 12.0. The number of rotatable bonds is 4. The molecule has 1 aromatic carbocycles. The van der Waals surface area contributed by atoms with Gasteiger partial charge < -0.3 is 10.4 Å². The number of halogens is 2. The van der Waals surface area contributed by atoms with E-state index in [-0.39, 0.29) is 17.9 Å². The molecular weight excluding hydrogens is 297 g/mol. The van der Waals surface area contributed by atoms with Crippen molar-refractivity contribution in [3.8, 4) is 0 Å². The van der Waals surface area contributed by atoms with Crippen molar-refractivity contribution in [2.75, 3.05) is 13.2 Å². The normalized spacial score (nSPS) is 17.8. The SMILES string of the molecule is O=C(NCC1(CO)CCCCC1)c1c(Cl)cccc1Cl. The molecule has 0 radical (unpaired) electrons. The summed E-state index contributed by atoms with van der Waals surface area (Å²) in [5, 5.41) is 13.2. The molecule has 1 aliphatic carbocycles. The van der Waals surface area contributed by atoms with Crippen molar-refractivity contribution in [2.45, 2.75) is 32.1 Å². The van der Waals surface area contributed by atoms with Crippen LogP contribution in [0.25, 0.3) is 0 Å². The molecule has 0 spiro atoms. The van der Waals surface area contributed by atoms with Crippen LogP contribution in [0.15, 0.2) is 18.2 Å². The van der Waals surface area contributed by atoms with Gasteiger partial charge in [0.15, 0.2) is 0 Å². The maximum Gasteiger partial charge on any atom is 0.254 e. The van der Waals surface area contributed by atoms with E-state index in [1.807, 2.05) is 0 Å². The Bertz CT molecular complexity index is 465. The Morgan fingerprint density at radius 1 is 1.20 bits per heavy atom. The predicted octanol–water partition coefficient (Wildman–Crippen LogP) is 3.67. The number of aliphatic hydroxyl groups excluding tert-OH is 1. The summed E-state index contributed by atoms with van der Waals surface area (Å²) in [6.45, 7) is 0.563. The van der Waals surface area contributed by atoms with Crippen LogP contribution in [0.2, 0.25) is 10.0 Å². The zero-order valence-electron chi connectivity index (χ0n) is 11.3. The minimum Gasteiger partial charge on any atom is -0.396 e. The van der Waals surface area contributed by atoms with Crippen LogP contribution < -0.4 is 5.32 Å². The number of nitrogens with one attached hydrogen (secondary N) is 1. The highest BCUT2D eigenvalue weighted by Gasteiger charge is 2.32. The van der Waals surface area contributed by atoms with Gasteiger partial charge in [-0.05, 0) is 25.0 Å². The molecule has 1 aliphatic rings. The molecule has 5 heteroatoms. The summed E-state index contributed by atoms with van der Waals surface area (Å²) in [5.41, 5.74) is 0.112. The molecule has 0 saturated heterocycles. The lowest BCUT2D eigenvalue weighted by molar-refractivity contribution is 0.0718. The third-order valence-corrected chi connectivity index (χ3v) is 4.69. The highest BCUT2D eigenvalue weighted by atomic mass is 35.5. The molecule has 1 fully saturated rings. The predicted molar refractivity (Wildman–Crippen MR) is 81.4 cm³/mol. The Hall–Kier alpha value is -0.770. The van der Waals surface area contributed by atoms with Crippen molar-refractivity contribution in [2.24, 2.45) is 5.41 Å². The first kappa shape index (κ1) is 15.6. The number of hydrogen-bond acceptors (Lipinski definition) is 2. The molecule has 1 amide bonds. The molecule has 0 unspecified atom stereocenters. The van der Waals surface area contributed by atoms with Crippen molar-refractivity contribution in [3.63, 3.8) is 0 Å². The monoisotopic (exact) mass is 315 g/mol. The molecule has 3 nitrogen and oxygen atoms in total. The Kier molecular flexibility index (Phi) is 5.30. The second-order valence-electron chi connectivity index (χ2n) is 5.50. The van der Waals surface area contributed by atoms with E-state index in [9.17, 15) is 9.90 Å². The summed E-state index contributed by atoms with van der Waals surface area (Å²) in [6.07, 6.45) is 5.29. The number of carbonyl (C=O) groups is 1. The summed E-state index contributed by atoms with van der Waals surface area (Å²) in [5.74, 6) is -0.279. The first-order chi connectivity index (χ1) is 9.58. The molecular formula is C15H19Cl2NO2. The highest BCUT2D eigenvalue weighted by molar-refractivity contribution is 6.39. The van der Waals surface area contributed by atoms with Crippen molar-refractivity contribution >= 4 is 29.1 Å². The molecule has 0 aliphatic heterocycles. The van der Waals surface area contributed by atoms with Crippen molar-refractivity contribution < 1.29 is 9.90 Å². The lowest BCUT2D eigenvalue weighted by Gasteiger charge is -2.35. The molecule has 110 valence electrons. The lowest BCUT2D eigenvalue weighted by atomic mass is 9.74. The van der Waals surface area contributed by atoms with Crippen LogP contribution in [0.5, 0.6) is 0 Å². The van der Waals surface area contributed by atoms with E-state index in [2.05, 4.69) is 5.32 Å². The minimum atomic E-state index is -0.279. The maximum atomic E-state index is 12.2. The van der Waals surface area contributed by atoms with Crippen LogP contribution in [-0.4, -0.2) is 24.2 Å². The number of aliphatic hydroxyl groups is 1. The van der Waals surface area contributed by atoms with Gasteiger partial charge in [-0.25, -0.2) is 0 Å². The van der Waals surface area contributed by atoms with E-state index < -0.39 is 0 Å². The van der Waals surface area contributed by atoms with Crippen LogP contribution in [-0.2, 0) is 0 Å². The van der Waals surface area contributed by atoms with Crippen LogP contribution in [0, 0.1) is 5.41 Å².